The summed E-state index contributed by atoms with van der Waals surface area (Å²) in [7, 11) is 0. The van der Waals surface area contributed by atoms with Gasteiger partial charge >= 0.3 is 0 Å². The summed E-state index contributed by atoms with van der Waals surface area (Å²) < 4.78 is 1.34. The molecular weight excluding hydrogens is 365 g/mol. The summed E-state index contributed by atoms with van der Waals surface area (Å²) in [5.74, 6) is 0. The van der Waals surface area contributed by atoms with E-state index in [2.05, 4.69) is 47.7 Å². The number of halogens is 1. The highest BCUT2D eigenvalue weighted by Gasteiger charge is 2.20. The maximum absolute atomic E-state index is 4.86. The molecule has 0 amide bonds. The van der Waals surface area contributed by atoms with Crippen molar-refractivity contribution in [1.82, 2.24) is 4.98 Å². The fourth-order valence-corrected chi connectivity index (χ4v) is 4.43. The Morgan fingerprint density at radius 3 is 3.00 bits per heavy atom. The SMILES string of the molecule is CCCCCc1nc2c(s1)-c1ccc(I)cc1CC2. The number of benzene rings is 1. The van der Waals surface area contributed by atoms with Crippen LogP contribution in [0.25, 0.3) is 10.4 Å². The smallest absolute Gasteiger partial charge is 0.0934 e. The molecule has 0 spiro atoms. The van der Waals surface area contributed by atoms with Gasteiger partial charge in [-0.25, -0.2) is 4.98 Å². The van der Waals surface area contributed by atoms with E-state index in [0.717, 1.165) is 19.3 Å². The summed E-state index contributed by atoms with van der Waals surface area (Å²) >= 11 is 4.32. The van der Waals surface area contributed by atoms with Gasteiger partial charge in [0.15, 0.2) is 0 Å². The predicted molar refractivity (Wildman–Crippen MR) is 90.9 cm³/mol. The zero-order valence-electron chi connectivity index (χ0n) is 11.2. The molecule has 1 aliphatic rings. The molecule has 1 heterocycles. The average molecular weight is 383 g/mol. The largest absolute Gasteiger partial charge is 0.246 e. The molecule has 1 nitrogen and oxygen atoms in total. The first kappa shape index (κ1) is 13.6. The van der Waals surface area contributed by atoms with Gasteiger partial charge in [-0.15, -0.1) is 11.3 Å². The third-order valence-corrected chi connectivity index (χ3v) is 5.54. The molecule has 19 heavy (non-hydrogen) atoms. The van der Waals surface area contributed by atoms with Crippen molar-refractivity contribution in [2.45, 2.75) is 45.4 Å². The second kappa shape index (κ2) is 5.92. The summed E-state index contributed by atoms with van der Waals surface area (Å²) in [6.07, 6.45) is 7.31. The second-order valence-electron chi connectivity index (χ2n) is 5.14. The lowest BCUT2D eigenvalue weighted by Gasteiger charge is -2.14. The molecule has 100 valence electrons. The van der Waals surface area contributed by atoms with Crippen molar-refractivity contribution in [3.8, 4) is 10.4 Å². The molecule has 3 heteroatoms. The van der Waals surface area contributed by atoms with Crippen LogP contribution in [0.15, 0.2) is 18.2 Å². The van der Waals surface area contributed by atoms with Gasteiger partial charge in [-0.3, -0.25) is 0 Å². The predicted octanol–water partition coefficient (Wildman–Crippen LogP) is 5.25. The maximum Gasteiger partial charge on any atom is 0.0934 e. The Bertz CT molecular complexity index is 588. The van der Waals surface area contributed by atoms with Crippen LogP contribution in [0, 0.1) is 3.57 Å². The van der Waals surface area contributed by atoms with Crippen molar-refractivity contribution < 1.29 is 0 Å². The minimum absolute atomic E-state index is 1.12. The summed E-state index contributed by atoms with van der Waals surface area (Å²) in [4.78, 5) is 6.29. The van der Waals surface area contributed by atoms with Crippen LogP contribution in [0.2, 0.25) is 0 Å². The van der Waals surface area contributed by atoms with Crippen LogP contribution in [0.5, 0.6) is 0 Å². The number of nitrogens with zero attached hydrogens (tertiary/aromatic N) is 1. The summed E-state index contributed by atoms with van der Waals surface area (Å²) in [5.41, 5.74) is 4.27. The van der Waals surface area contributed by atoms with E-state index in [9.17, 15) is 0 Å². The highest BCUT2D eigenvalue weighted by atomic mass is 127. The second-order valence-corrected chi connectivity index (χ2v) is 7.47. The molecule has 1 aromatic carbocycles. The molecule has 0 N–H and O–H groups in total. The van der Waals surface area contributed by atoms with Crippen molar-refractivity contribution in [1.29, 1.82) is 0 Å². The zero-order valence-corrected chi connectivity index (χ0v) is 14.2. The van der Waals surface area contributed by atoms with Gasteiger partial charge in [0.25, 0.3) is 0 Å². The van der Waals surface area contributed by atoms with E-state index in [1.807, 2.05) is 11.3 Å². The molecule has 2 aromatic rings. The maximum atomic E-state index is 4.86. The molecule has 1 aromatic heterocycles. The van der Waals surface area contributed by atoms with Gasteiger partial charge in [0.1, 0.15) is 0 Å². The third kappa shape index (κ3) is 2.87. The van der Waals surface area contributed by atoms with Gasteiger partial charge in [-0.1, -0.05) is 25.8 Å². The van der Waals surface area contributed by atoms with Crippen LogP contribution in [0.4, 0.5) is 0 Å². The van der Waals surface area contributed by atoms with Crippen molar-refractivity contribution in [2.75, 3.05) is 0 Å². The van der Waals surface area contributed by atoms with E-state index in [-0.39, 0.29) is 0 Å². The fraction of sp³-hybridized carbons (Fsp3) is 0.438. The molecule has 0 bridgehead atoms. The molecule has 3 rings (SSSR count). The van der Waals surface area contributed by atoms with Crippen LogP contribution in [0.1, 0.15) is 42.5 Å². The summed E-state index contributed by atoms with van der Waals surface area (Å²) in [6.45, 7) is 2.25. The first-order valence-electron chi connectivity index (χ1n) is 7.05. The van der Waals surface area contributed by atoms with E-state index in [1.165, 1.54) is 49.5 Å². The Morgan fingerprint density at radius 1 is 1.26 bits per heavy atom. The Labute approximate surface area is 132 Å². The fourth-order valence-electron chi connectivity index (χ4n) is 2.66. The lowest BCUT2D eigenvalue weighted by molar-refractivity contribution is 0.712. The Hall–Kier alpha value is -0.420. The van der Waals surface area contributed by atoms with Gasteiger partial charge < -0.3 is 0 Å². The number of fused-ring (bicyclic) bond motifs is 3. The number of hydrogen-bond donors (Lipinski definition) is 0. The lowest BCUT2D eigenvalue weighted by atomic mass is 9.94. The van der Waals surface area contributed by atoms with E-state index in [1.54, 1.807) is 0 Å². The molecule has 0 unspecified atom stereocenters. The topological polar surface area (TPSA) is 12.9 Å². The molecule has 0 aliphatic heterocycles. The normalized spacial score (nSPS) is 13.2. The number of aryl methyl sites for hydroxylation is 3. The van der Waals surface area contributed by atoms with E-state index in [0.29, 0.717) is 0 Å². The van der Waals surface area contributed by atoms with Crippen LogP contribution >= 0.6 is 33.9 Å². The van der Waals surface area contributed by atoms with Crippen molar-refractivity contribution in [3.05, 3.63) is 38.0 Å². The molecule has 0 radical (unpaired) electrons. The van der Waals surface area contributed by atoms with Crippen LogP contribution in [0.3, 0.4) is 0 Å². The number of aromatic nitrogens is 1. The molecule has 0 saturated heterocycles. The number of unbranched alkanes of at least 4 members (excludes halogenated alkanes) is 2. The number of thiazole rings is 1. The monoisotopic (exact) mass is 383 g/mol. The third-order valence-electron chi connectivity index (χ3n) is 3.68. The van der Waals surface area contributed by atoms with Crippen molar-refractivity contribution in [2.24, 2.45) is 0 Å². The summed E-state index contributed by atoms with van der Waals surface area (Å²) in [6, 6.07) is 6.82. The van der Waals surface area contributed by atoms with E-state index >= 15 is 0 Å². The standard InChI is InChI=1S/C16H18INS/c1-2-3-4-5-15-18-14-9-6-11-10-12(17)7-8-13(11)16(14)19-15/h7-8,10H,2-6,9H2,1H3. The first-order chi connectivity index (χ1) is 9.28. The van der Waals surface area contributed by atoms with Gasteiger partial charge in [-0.2, -0.15) is 0 Å². The van der Waals surface area contributed by atoms with Gasteiger partial charge in [0.05, 0.1) is 15.6 Å². The highest BCUT2D eigenvalue weighted by Crippen LogP contribution is 2.38. The molecule has 1 aliphatic carbocycles. The Morgan fingerprint density at radius 2 is 2.16 bits per heavy atom. The van der Waals surface area contributed by atoms with Gasteiger partial charge in [0, 0.05) is 3.57 Å². The van der Waals surface area contributed by atoms with Crippen LogP contribution in [-0.4, -0.2) is 4.98 Å². The first-order valence-corrected chi connectivity index (χ1v) is 8.95. The molecule has 0 fully saturated rings. The number of hydrogen-bond acceptors (Lipinski definition) is 2. The molecular formula is C16H18INS. The van der Waals surface area contributed by atoms with Crippen molar-refractivity contribution >= 4 is 33.9 Å². The van der Waals surface area contributed by atoms with Crippen molar-refractivity contribution in [3.63, 3.8) is 0 Å². The quantitative estimate of drug-likeness (QED) is 0.519. The average Bonchev–Trinajstić information content (AvgIpc) is 2.81. The highest BCUT2D eigenvalue weighted by molar-refractivity contribution is 14.1. The minimum atomic E-state index is 1.12. The molecule has 0 atom stereocenters. The minimum Gasteiger partial charge on any atom is -0.246 e. The molecule has 0 saturated carbocycles. The Balaban J connectivity index is 1.89. The van der Waals surface area contributed by atoms with Gasteiger partial charge in [-0.05, 0) is 71.5 Å². The summed E-state index contributed by atoms with van der Waals surface area (Å²) in [5, 5.41) is 1.34. The van der Waals surface area contributed by atoms with E-state index < -0.39 is 0 Å². The Kier molecular flexibility index (Phi) is 4.22. The van der Waals surface area contributed by atoms with Gasteiger partial charge in [0.2, 0.25) is 0 Å². The van der Waals surface area contributed by atoms with Crippen LogP contribution in [-0.2, 0) is 19.3 Å². The van der Waals surface area contributed by atoms with Crippen LogP contribution < -0.4 is 0 Å². The van der Waals surface area contributed by atoms with E-state index in [4.69, 9.17) is 4.98 Å². The number of rotatable bonds is 4. The lowest BCUT2D eigenvalue weighted by Crippen LogP contribution is -2.02. The zero-order chi connectivity index (χ0) is 13.2.